The number of alkyl halides is 1. The maximum atomic E-state index is 12.3. The van der Waals surface area contributed by atoms with E-state index in [2.05, 4.69) is 20.7 Å². The molecule has 10 heteroatoms. The SMILES string of the molecule is O=C(CCl)Nc1ccc(Cn2nc(-c3ccc(NC(=O)c4ccccn4)cc3)cc2C(=O)O)cc1. The topological polar surface area (TPSA) is 126 Å². The third-order valence-corrected chi connectivity index (χ3v) is 5.27. The number of aromatic nitrogens is 3. The average molecular weight is 490 g/mol. The van der Waals surface area contributed by atoms with E-state index in [1.807, 2.05) is 0 Å². The van der Waals surface area contributed by atoms with Gasteiger partial charge < -0.3 is 15.7 Å². The van der Waals surface area contributed by atoms with Crippen LogP contribution in [0.25, 0.3) is 11.3 Å². The molecule has 2 aromatic heterocycles. The minimum absolute atomic E-state index is 0.0343. The van der Waals surface area contributed by atoms with Gasteiger partial charge in [-0.3, -0.25) is 19.3 Å². The Labute approximate surface area is 205 Å². The number of anilines is 2. The summed E-state index contributed by atoms with van der Waals surface area (Å²) in [7, 11) is 0. The standard InChI is InChI=1S/C25H20ClN5O4/c26-14-23(32)28-18-8-4-16(5-9-18)15-31-22(25(34)35)13-21(30-31)17-6-10-19(11-7-17)29-24(33)20-3-1-2-12-27-20/h1-13H,14-15H2,(H,28,32)(H,29,33)(H,34,35). The highest BCUT2D eigenvalue weighted by Crippen LogP contribution is 2.23. The predicted molar refractivity (Wildman–Crippen MR) is 132 cm³/mol. The highest BCUT2D eigenvalue weighted by Gasteiger charge is 2.16. The molecule has 3 N–H and O–H groups in total. The molecule has 0 aliphatic rings. The van der Waals surface area contributed by atoms with Crippen LogP contribution in [-0.4, -0.2) is 43.5 Å². The lowest BCUT2D eigenvalue weighted by molar-refractivity contribution is -0.113. The number of carboxylic acids is 1. The second-order valence-electron chi connectivity index (χ2n) is 7.50. The fraction of sp³-hybridized carbons (Fsp3) is 0.0800. The van der Waals surface area contributed by atoms with Crippen molar-refractivity contribution < 1.29 is 19.5 Å². The molecule has 0 bridgehead atoms. The van der Waals surface area contributed by atoms with Crippen molar-refractivity contribution in [1.82, 2.24) is 14.8 Å². The summed E-state index contributed by atoms with van der Waals surface area (Å²) in [6, 6.07) is 20.5. The van der Waals surface area contributed by atoms with Crippen LogP contribution in [0.15, 0.2) is 79.0 Å². The van der Waals surface area contributed by atoms with Crippen molar-refractivity contribution in [3.63, 3.8) is 0 Å². The van der Waals surface area contributed by atoms with Crippen molar-refractivity contribution in [2.45, 2.75) is 6.54 Å². The number of carboxylic acid groups (broad SMARTS) is 1. The van der Waals surface area contributed by atoms with Crippen molar-refractivity contribution in [1.29, 1.82) is 0 Å². The molecule has 2 aromatic carbocycles. The van der Waals surface area contributed by atoms with E-state index in [1.165, 1.54) is 10.7 Å². The van der Waals surface area contributed by atoms with E-state index in [0.29, 0.717) is 28.3 Å². The molecule has 0 aliphatic heterocycles. The van der Waals surface area contributed by atoms with Crippen molar-refractivity contribution in [2.24, 2.45) is 0 Å². The van der Waals surface area contributed by atoms with Crippen LogP contribution in [0.4, 0.5) is 11.4 Å². The Morgan fingerprint density at radius 1 is 0.914 bits per heavy atom. The highest BCUT2D eigenvalue weighted by molar-refractivity contribution is 6.29. The Balaban J connectivity index is 1.49. The van der Waals surface area contributed by atoms with Gasteiger partial charge in [0.2, 0.25) is 5.91 Å². The average Bonchev–Trinajstić information content (AvgIpc) is 3.30. The lowest BCUT2D eigenvalue weighted by Crippen LogP contribution is -2.13. The molecule has 0 spiro atoms. The normalized spacial score (nSPS) is 10.5. The zero-order valence-electron chi connectivity index (χ0n) is 18.3. The molecule has 0 aliphatic carbocycles. The molecule has 2 heterocycles. The Hall–Kier alpha value is -4.50. The molecular formula is C25H20ClN5O4. The lowest BCUT2D eigenvalue weighted by atomic mass is 10.1. The fourth-order valence-electron chi connectivity index (χ4n) is 3.33. The number of carbonyl (C=O) groups is 3. The van der Waals surface area contributed by atoms with E-state index in [9.17, 15) is 19.5 Å². The second kappa shape index (κ2) is 10.6. The first kappa shape index (κ1) is 23.7. The predicted octanol–water partition coefficient (Wildman–Crippen LogP) is 4.12. The smallest absolute Gasteiger partial charge is 0.354 e. The summed E-state index contributed by atoms with van der Waals surface area (Å²) >= 11 is 5.50. The van der Waals surface area contributed by atoms with Crippen LogP contribution >= 0.6 is 11.6 Å². The van der Waals surface area contributed by atoms with Crippen LogP contribution in [0, 0.1) is 0 Å². The van der Waals surface area contributed by atoms with Gasteiger partial charge in [-0.15, -0.1) is 11.6 Å². The number of amides is 2. The molecule has 35 heavy (non-hydrogen) atoms. The van der Waals surface area contributed by atoms with Crippen molar-refractivity contribution in [3.05, 3.63) is 95.9 Å². The molecule has 176 valence electrons. The van der Waals surface area contributed by atoms with Gasteiger partial charge >= 0.3 is 5.97 Å². The Morgan fingerprint density at radius 2 is 1.60 bits per heavy atom. The Morgan fingerprint density at radius 3 is 2.23 bits per heavy atom. The first-order valence-corrected chi connectivity index (χ1v) is 11.0. The van der Waals surface area contributed by atoms with Gasteiger partial charge in [0.15, 0.2) is 0 Å². The second-order valence-corrected chi connectivity index (χ2v) is 7.77. The molecule has 0 radical (unpaired) electrons. The third-order valence-electron chi connectivity index (χ3n) is 5.03. The molecule has 0 unspecified atom stereocenters. The van der Waals surface area contributed by atoms with E-state index in [-0.39, 0.29) is 29.9 Å². The number of rotatable bonds is 8. The maximum Gasteiger partial charge on any atom is 0.354 e. The van der Waals surface area contributed by atoms with E-state index < -0.39 is 5.97 Å². The number of benzene rings is 2. The van der Waals surface area contributed by atoms with Crippen molar-refractivity contribution >= 4 is 40.8 Å². The van der Waals surface area contributed by atoms with E-state index in [0.717, 1.165) is 5.56 Å². The van der Waals surface area contributed by atoms with E-state index >= 15 is 0 Å². The molecule has 0 fully saturated rings. The summed E-state index contributed by atoms with van der Waals surface area (Å²) < 4.78 is 1.40. The quantitative estimate of drug-likeness (QED) is 0.319. The van der Waals surface area contributed by atoms with Crippen LogP contribution in [0.1, 0.15) is 26.5 Å². The number of pyridine rings is 1. The first-order chi connectivity index (χ1) is 16.9. The fourth-order valence-corrected chi connectivity index (χ4v) is 3.39. The molecule has 4 aromatic rings. The number of halogens is 1. The first-order valence-electron chi connectivity index (χ1n) is 10.5. The molecule has 2 amide bonds. The number of carbonyl (C=O) groups excluding carboxylic acids is 2. The zero-order chi connectivity index (χ0) is 24.8. The number of hydrogen-bond acceptors (Lipinski definition) is 5. The van der Waals surface area contributed by atoms with Crippen LogP contribution in [0.3, 0.4) is 0 Å². The molecule has 0 atom stereocenters. The Bertz CT molecular complexity index is 1350. The number of nitrogens with zero attached hydrogens (tertiary/aromatic N) is 3. The molecule has 0 saturated carbocycles. The van der Waals surface area contributed by atoms with Crippen LogP contribution in [0.5, 0.6) is 0 Å². The van der Waals surface area contributed by atoms with Gasteiger partial charge in [0.25, 0.3) is 5.91 Å². The van der Waals surface area contributed by atoms with Gasteiger partial charge in [-0.1, -0.05) is 30.3 Å². The molecule has 9 nitrogen and oxygen atoms in total. The number of aromatic carboxylic acids is 1. The summed E-state index contributed by atoms with van der Waals surface area (Å²) in [4.78, 5) is 39.5. The maximum absolute atomic E-state index is 12.3. The number of nitrogens with one attached hydrogen (secondary N) is 2. The molecule has 0 saturated heterocycles. The summed E-state index contributed by atoms with van der Waals surface area (Å²) in [5.41, 5.74) is 3.48. The minimum atomic E-state index is -1.10. The lowest BCUT2D eigenvalue weighted by Gasteiger charge is -2.07. The highest BCUT2D eigenvalue weighted by atomic mass is 35.5. The van der Waals surface area contributed by atoms with Crippen LogP contribution in [-0.2, 0) is 11.3 Å². The summed E-state index contributed by atoms with van der Waals surface area (Å²) in [6.07, 6.45) is 1.54. The summed E-state index contributed by atoms with van der Waals surface area (Å²) in [5.74, 6) is -1.89. The Kier molecular flexibility index (Phi) is 7.18. The van der Waals surface area contributed by atoms with Gasteiger partial charge in [0.05, 0.1) is 12.2 Å². The van der Waals surface area contributed by atoms with Gasteiger partial charge in [-0.05, 0) is 48.0 Å². The summed E-state index contributed by atoms with van der Waals surface area (Å²) in [6.45, 7) is 0.226. The zero-order valence-corrected chi connectivity index (χ0v) is 19.1. The van der Waals surface area contributed by atoms with E-state index in [1.54, 1.807) is 72.9 Å². The molecule has 4 rings (SSSR count). The monoisotopic (exact) mass is 489 g/mol. The van der Waals surface area contributed by atoms with Crippen LogP contribution < -0.4 is 10.6 Å². The van der Waals surface area contributed by atoms with Gasteiger partial charge in [0, 0.05) is 23.1 Å². The number of hydrogen-bond donors (Lipinski definition) is 3. The largest absolute Gasteiger partial charge is 0.477 e. The molecular weight excluding hydrogens is 470 g/mol. The van der Waals surface area contributed by atoms with Gasteiger partial charge in [-0.25, -0.2) is 4.79 Å². The van der Waals surface area contributed by atoms with Crippen LogP contribution in [0.2, 0.25) is 0 Å². The third kappa shape index (κ3) is 5.90. The summed E-state index contributed by atoms with van der Waals surface area (Å²) in [5, 5.41) is 19.5. The van der Waals surface area contributed by atoms with Gasteiger partial charge in [0.1, 0.15) is 17.3 Å². The van der Waals surface area contributed by atoms with E-state index in [4.69, 9.17) is 11.6 Å². The van der Waals surface area contributed by atoms with Crippen molar-refractivity contribution in [3.8, 4) is 11.3 Å². The van der Waals surface area contributed by atoms with Crippen molar-refractivity contribution in [2.75, 3.05) is 16.5 Å². The minimum Gasteiger partial charge on any atom is -0.477 e. The van der Waals surface area contributed by atoms with Gasteiger partial charge in [-0.2, -0.15) is 5.10 Å².